The predicted octanol–water partition coefficient (Wildman–Crippen LogP) is 2.21. The van der Waals surface area contributed by atoms with E-state index in [1.165, 1.54) is 29.5 Å². The average molecular weight is 401 g/mol. The Hall–Kier alpha value is -3.33. The lowest BCUT2D eigenvalue weighted by molar-refractivity contribution is -0.124. The summed E-state index contributed by atoms with van der Waals surface area (Å²) in [4.78, 5) is 37.1. The molecule has 0 aliphatic carbocycles. The molecule has 7 nitrogen and oxygen atoms in total. The summed E-state index contributed by atoms with van der Waals surface area (Å²) in [5.41, 5.74) is -0.767. The maximum absolute atomic E-state index is 14.0. The Bertz CT molecular complexity index is 1060. The highest BCUT2D eigenvalue weighted by Crippen LogP contribution is 2.13. The Morgan fingerprint density at radius 2 is 2.04 bits per heavy atom. The first-order valence-corrected chi connectivity index (χ1v) is 9.16. The summed E-state index contributed by atoms with van der Waals surface area (Å²) in [6.45, 7) is 1.32. The molecule has 0 spiro atoms. The van der Waals surface area contributed by atoms with Crippen LogP contribution in [0.5, 0.6) is 0 Å². The van der Waals surface area contributed by atoms with Crippen molar-refractivity contribution in [2.24, 2.45) is 0 Å². The van der Waals surface area contributed by atoms with Crippen molar-refractivity contribution in [1.29, 1.82) is 0 Å². The molecular formula is C19H16FN3O4S. The van der Waals surface area contributed by atoms with Crippen molar-refractivity contribution >= 4 is 23.2 Å². The van der Waals surface area contributed by atoms with Crippen LogP contribution >= 0.6 is 11.3 Å². The van der Waals surface area contributed by atoms with Crippen molar-refractivity contribution in [2.75, 3.05) is 6.61 Å². The summed E-state index contributed by atoms with van der Waals surface area (Å²) < 4.78 is 20.1. The number of nitrogens with one attached hydrogen (secondary N) is 1. The van der Waals surface area contributed by atoms with Crippen LogP contribution in [0.3, 0.4) is 0 Å². The molecule has 2 aromatic heterocycles. The van der Waals surface area contributed by atoms with Crippen molar-refractivity contribution in [1.82, 2.24) is 15.1 Å². The topological polar surface area (TPSA) is 90.3 Å². The molecule has 0 saturated heterocycles. The van der Waals surface area contributed by atoms with Gasteiger partial charge in [-0.05, 0) is 30.5 Å². The fourth-order valence-corrected chi connectivity index (χ4v) is 3.05. The van der Waals surface area contributed by atoms with E-state index in [0.29, 0.717) is 12.2 Å². The van der Waals surface area contributed by atoms with Gasteiger partial charge in [-0.15, -0.1) is 11.3 Å². The second kappa shape index (κ2) is 8.57. The Kier molecular flexibility index (Phi) is 5.95. The van der Waals surface area contributed by atoms with E-state index < -0.39 is 35.4 Å². The van der Waals surface area contributed by atoms with Crippen LogP contribution in [0, 0.1) is 12.7 Å². The van der Waals surface area contributed by atoms with Gasteiger partial charge in [0.05, 0.1) is 6.54 Å². The first-order valence-electron chi connectivity index (χ1n) is 8.28. The van der Waals surface area contributed by atoms with Crippen molar-refractivity contribution in [3.8, 4) is 5.69 Å². The largest absolute Gasteiger partial charge is 0.451 e. The molecule has 0 aliphatic rings. The summed E-state index contributed by atoms with van der Waals surface area (Å²) in [5, 5.41) is 8.41. The third-order valence-electron chi connectivity index (χ3n) is 3.76. The smallest absolute Gasteiger partial charge is 0.363 e. The Balaban J connectivity index is 1.71. The number of aromatic nitrogens is 2. The van der Waals surface area contributed by atoms with Gasteiger partial charge in [-0.25, -0.2) is 13.9 Å². The molecule has 144 valence electrons. The molecule has 3 rings (SSSR count). The molecule has 3 aromatic rings. The Morgan fingerprint density at radius 3 is 2.75 bits per heavy atom. The molecule has 1 amide bonds. The molecule has 1 aromatic carbocycles. The maximum Gasteiger partial charge on any atom is 0.363 e. The van der Waals surface area contributed by atoms with E-state index in [1.807, 2.05) is 17.5 Å². The molecule has 28 heavy (non-hydrogen) atoms. The lowest BCUT2D eigenvalue weighted by atomic mass is 10.2. The quantitative estimate of drug-likeness (QED) is 0.640. The zero-order valence-corrected chi connectivity index (χ0v) is 15.7. The molecule has 0 atom stereocenters. The number of hydrogen-bond donors (Lipinski definition) is 1. The second-order valence-electron chi connectivity index (χ2n) is 5.79. The predicted molar refractivity (Wildman–Crippen MR) is 101 cm³/mol. The second-order valence-corrected chi connectivity index (χ2v) is 6.83. The van der Waals surface area contributed by atoms with Crippen molar-refractivity contribution in [2.45, 2.75) is 13.5 Å². The van der Waals surface area contributed by atoms with Gasteiger partial charge < -0.3 is 10.1 Å². The maximum atomic E-state index is 14.0. The number of para-hydroxylation sites is 1. The number of benzene rings is 1. The molecular weight excluding hydrogens is 385 g/mol. The van der Waals surface area contributed by atoms with E-state index in [-0.39, 0.29) is 5.69 Å². The van der Waals surface area contributed by atoms with E-state index in [4.69, 9.17) is 4.74 Å². The number of carbonyl (C=O) groups excluding carboxylic acids is 2. The number of halogens is 1. The number of carbonyl (C=O) groups is 2. The van der Waals surface area contributed by atoms with Gasteiger partial charge in [0.2, 0.25) is 11.1 Å². The highest BCUT2D eigenvalue weighted by Gasteiger charge is 2.19. The van der Waals surface area contributed by atoms with Crippen molar-refractivity contribution in [3.05, 3.63) is 80.2 Å². The normalized spacial score (nSPS) is 10.5. The minimum absolute atomic E-state index is 0.0859. The molecule has 0 fully saturated rings. The van der Waals surface area contributed by atoms with E-state index >= 15 is 0 Å². The van der Waals surface area contributed by atoms with E-state index in [0.717, 1.165) is 15.6 Å². The third-order valence-corrected chi connectivity index (χ3v) is 4.63. The minimum Gasteiger partial charge on any atom is -0.451 e. The highest BCUT2D eigenvalue weighted by molar-refractivity contribution is 7.09. The summed E-state index contributed by atoms with van der Waals surface area (Å²) in [6, 6.07) is 10.7. The van der Waals surface area contributed by atoms with Gasteiger partial charge in [-0.1, -0.05) is 18.2 Å². The van der Waals surface area contributed by atoms with E-state index in [2.05, 4.69) is 10.4 Å². The van der Waals surface area contributed by atoms with Gasteiger partial charge in [0.15, 0.2) is 6.61 Å². The van der Waals surface area contributed by atoms with Crippen LogP contribution in [-0.2, 0) is 16.1 Å². The summed E-state index contributed by atoms with van der Waals surface area (Å²) in [6.07, 6.45) is 0. The van der Waals surface area contributed by atoms with Crippen molar-refractivity contribution in [3.63, 3.8) is 0 Å². The zero-order chi connectivity index (χ0) is 20.1. The summed E-state index contributed by atoms with van der Waals surface area (Å²) in [5.74, 6) is -2.13. The van der Waals surface area contributed by atoms with Crippen LogP contribution in [-0.4, -0.2) is 28.3 Å². The highest BCUT2D eigenvalue weighted by atomic mass is 32.1. The van der Waals surface area contributed by atoms with Crippen LogP contribution in [0.25, 0.3) is 5.69 Å². The standard InChI is InChI=1S/C19H16FN3O4S/c1-12-9-16(24)18(22-23(12)15-7-3-2-6-14(15)20)19(26)27-11-17(25)21-10-13-5-4-8-28-13/h2-9H,10-11H2,1H3,(H,21,25). The lowest BCUT2D eigenvalue weighted by Gasteiger charge is -2.11. The van der Waals surface area contributed by atoms with Crippen LogP contribution in [0.1, 0.15) is 21.1 Å². The molecule has 9 heteroatoms. The molecule has 0 radical (unpaired) electrons. The van der Waals surface area contributed by atoms with Gasteiger partial charge in [-0.2, -0.15) is 5.10 Å². The Labute approximate surface area is 163 Å². The molecule has 0 unspecified atom stereocenters. The van der Waals surface area contributed by atoms with E-state index in [9.17, 15) is 18.8 Å². The number of aryl methyl sites for hydroxylation is 1. The fraction of sp³-hybridized carbons (Fsp3) is 0.158. The summed E-state index contributed by atoms with van der Waals surface area (Å²) in [7, 11) is 0. The molecule has 1 N–H and O–H groups in total. The zero-order valence-electron chi connectivity index (χ0n) is 14.8. The van der Waals surface area contributed by atoms with Crippen LogP contribution in [0.2, 0.25) is 0 Å². The minimum atomic E-state index is -1.05. The van der Waals surface area contributed by atoms with Crippen molar-refractivity contribution < 1.29 is 18.7 Å². The first-order chi connectivity index (χ1) is 13.5. The number of thiophene rings is 1. The van der Waals surface area contributed by atoms with Gasteiger partial charge >= 0.3 is 5.97 Å². The number of rotatable bonds is 6. The van der Waals surface area contributed by atoms with Gasteiger partial charge in [-0.3, -0.25) is 9.59 Å². The average Bonchev–Trinajstić information content (AvgIpc) is 3.19. The number of hydrogen-bond acceptors (Lipinski definition) is 6. The third kappa shape index (κ3) is 4.49. The van der Waals surface area contributed by atoms with E-state index in [1.54, 1.807) is 13.0 Å². The summed E-state index contributed by atoms with van der Waals surface area (Å²) >= 11 is 1.48. The SMILES string of the molecule is Cc1cc(=O)c(C(=O)OCC(=O)NCc2cccs2)nn1-c1ccccc1F. The number of amides is 1. The fourth-order valence-electron chi connectivity index (χ4n) is 2.41. The monoisotopic (exact) mass is 401 g/mol. The van der Waals surface area contributed by atoms with Crippen LogP contribution in [0.4, 0.5) is 4.39 Å². The lowest BCUT2D eigenvalue weighted by Crippen LogP contribution is -2.30. The van der Waals surface area contributed by atoms with Gasteiger partial charge in [0, 0.05) is 16.6 Å². The van der Waals surface area contributed by atoms with Gasteiger partial charge in [0.1, 0.15) is 11.5 Å². The number of ether oxygens (including phenoxy) is 1. The first kappa shape index (κ1) is 19.4. The number of esters is 1. The number of nitrogens with zero attached hydrogens (tertiary/aromatic N) is 2. The molecule has 0 aliphatic heterocycles. The van der Waals surface area contributed by atoms with Crippen LogP contribution in [0.15, 0.2) is 52.6 Å². The van der Waals surface area contributed by atoms with Gasteiger partial charge in [0.25, 0.3) is 5.91 Å². The Morgan fingerprint density at radius 1 is 1.25 bits per heavy atom. The molecule has 0 bridgehead atoms. The van der Waals surface area contributed by atoms with Crippen LogP contribution < -0.4 is 10.7 Å². The molecule has 2 heterocycles. The molecule has 0 saturated carbocycles.